The highest BCUT2D eigenvalue weighted by molar-refractivity contribution is 7.91. The van der Waals surface area contributed by atoms with Gasteiger partial charge in [0.25, 0.3) is 5.67 Å². The van der Waals surface area contributed by atoms with Crippen molar-refractivity contribution in [3.05, 3.63) is 35.9 Å². The van der Waals surface area contributed by atoms with Crippen molar-refractivity contribution in [1.82, 2.24) is 6.15 Å². The number of hydrogen-bond acceptors (Lipinski definition) is 3. The molecule has 1 rings (SSSR count). The molecule has 0 spiro atoms. The summed E-state index contributed by atoms with van der Waals surface area (Å²) in [5.41, 5.74) is -4.47. The van der Waals surface area contributed by atoms with Crippen molar-refractivity contribution in [2.24, 2.45) is 0 Å². The third-order valence-corrected chi connectivity index (χ3v) is 6.32. The lowest BCUT2D eigenvalue weighted by Crippen LogP contribution is -3.00. The van der Waals surface area contributed by atoms with Gasteiger partial charge in [0, 0.05) is 12.0 Å². The SMILES string of the molecule is C[N+](C)(CCCCS(=O)(=O)CCC(F)(C(F)(F)F)C(F)(F)F)Cc1ccccc1.N.[Cl-]. The Labute approximate surface area is 184 Å². The summed E-state index contributed by atoms with van der Waals surface area (Å²) in [5, 5.41) is 0. The first-order valence-corrected chi connectivity index (χ1v) is 10.7. The Kier molecular flexibility index (Phi) is 12.1. The molecule has 0 heterocycles. The average Bonchev–Trinajstić information content (AvgIpc) is 2.55. The van der Waals surface area contributed by atoms with Crippen LogP contribution in [0.25, 0.3) is 0 Å². The van der Waals surface area contributed by atoms with Gasteiger partial charge in [-0.05, 0) is 12.8 Å². The average molecular weight is 505 g/mol. The van der Waals surface area contributed by atoms with Gasteiger partial charge in [-0.15, -0.1) is 0 Å². The van der Waals surface area contributed by atoms with E-state index in [9.17, 15) is 39.2 Å². The standard InChI is InChI=1S/C18H25F7NO2S.ClH.H3N/c1-26(2,14-15-8-4-3-5-9-15)11-6-7-12-29(27,28)13-10-16(19,17(20,21)22)18(23,24)25;;/h3-5,8-9H,6-7,10-14H2,1-2H3;1H;1H3/q+1;;/p-1. The smallest absolute Gasteiger partial charge is 0.431 e. The van der Waals surface area contributed by atoms with Gasteiger partial charge in [-0.1, -0.05) is 30.3 Å². The molecule has 0 unspecified atom stereocenters. The summed E-state index contributed by atoms with van der Waals surface area (Å²) in [7, 11) is -0.414. The van der Waals surface area contributed by atoms with Gasteiger partial charge >= 0.3 is 12.4 Å². The van der Waals surface area contributed by atoms with Crippen molar-refractivity contribution in [3.8, 4) is 0 Å². The highest BCUT2D eigenvalue weighted by atomic mass is 35.5. The minimum absolute atomic E-state index is 0. The van der Waals surface area contributed by atoms with E-state index in [2.05, 4.69) is 0 Å². The number of unbranched alkanes of at least 4 members (excludes halogenated alkanes) is 1. The van der Waals surface area contributed by atoms with Crippen LogP contribution in [0, 0.1) is 0 Å². The summed E-state index contributed by atoms with van der Waals surface area (Å²) >= 11 is 0. The Hall–Kier alpha value is -1.11. The van der Waals surface area contributed by atoms with E-state index in [1.807, 2.05) is 44.4 Å². The maximum atomic E-state index is 13.6. The lowest BCUT2D eigenvalue weighted by molar-refractivity contribution is -0.903. The van der Waals surface area contributed by atoms with Gasteiger partial charge < -0.3 is 23.0 Å². The number of hydrogen-bond donors (Lipinski definition) is 1. The minimum atomic E-state index is -6.24. The van der Waals surface area contributed by atoms with E-state index in [0.29, 0.717) is 24.0 Å². The van der Waals surface area contributed by atoms with Gasteiger partial charge in [-0.25, -0.2) is 12.8 Å². The number of quaternary nitrogens is 1. The molecule has 31 heavy (non-hydrogen) atoms. The Morgan fingerprint density at radius 2 is 1.32 bits per heavy atom. The summed E-state index contributed by atoms with van der Waals surface area (Å²) in [6.45, 7) is 1.23. The third-order valence-electron chi connectivity index (χ3n) is 4.58. The van der Waals surface area contributed by atoms with Crippen LogP contribution in [0.1, 0.15) is 24.8 Å². The monoisotopic (exact) mass is 504 g/mol. The van der Waals surface area contributed by atoms with Gasteiger partial charge in [0.05, 0.1) is 32.1 Å². The maximum absolute atomic E-state index is 13.6. The molecule has 0 saturated heterocycles. The van der Waals surface area contributed by atoms with Crippen molar-refractivity contribution < 1.29 is 56.0 Å². The van der Waals surface area contributed by atoms with Crippen LogP contribution in [0.5, 0.6) is 0 Å². The van der Waals surface area contributed by atoms with Crippen molar-refractivity contribution in [2.75, 3.05) is 32.1 Å². The summed E-state index contributed by atoms with van der Waals surface area (Å²) in [6, 6.07) is 9.52. The molecule has 184 valence electrons. The molecule has 0 aliphatic carbocycles. The number of sulfone groups is 1. The molecular formula is C18H28ClF7N2O2S. The van der Waals surface area contributed by atoms with E-state index < -0.39 is 45.8 Å². The fourth-order valence-electron chi connectivity index (χ4n) is 2.86. The highest BCUT2D eigenvalue weighted by Gasteiger charge is 2.72. The number of alkyl halides is 7. The highest BCUT2D eigenvalue weighted by Crippen LogP contribution is 2.48. The van der Waals surface area contributed by atoms with Crippen molar-refractivity contribution in [2.45, 2.75) is 43.8 Å². The summed E-state index contributed by atoms with van der Waals surface area (Å²) < 4.78 is 113. The molecule has 0 aromatic heterocycles. The van der Waals surface area contributed by atoms with E-state index in [1.165, 1.54) is 0 Å². The molecule has 0 fully saturated rings. The lowest BCUT2D eigenvalue weighted by Gasteiger charge is -2.30. The zero-order chi connectivity index (χ0) is 22.6. The lowest BCUT2D eigenvalue weighted by atomic mass is 10.0. The fourth-order valence-corrected chi connectivity index (χ4v) is 4.30. The van der Waals surface area contributed by atoms with Crippen LogP contribution < -0.4 is 18.6 Å². The van der Waals surface area contributed by atoms with Crippen LogP contribution in [-0.2, 0) is 16.4 Å². The van der Waals surface area contributed by atoms with Crippen molar-refractivity contribution >= 4 is 9.84 Å². The second kappa shape index (κ2) is 11.7. The molecule has 1 aromatic carbocycles. The minimum Gasteiger partial charge on any atom is -1.00 e. The molecule has 4 nitrogen and oxygen atoms in total. The van der Waals surface area contributed by atoms with Crippen molar-refractivity contribution in [1.29, 1.82) is 0 Å². The summed E-state index contributed by atoms with van der Waals surface area (Å²) in [4.78, 5) is 0. The second-order valence-electron chi connectivity index (χ2n) is 7.71. The van der Waals surface area contributed by atoms with Gasteiger partial charge in [0.1, 0.15) is 16.4 Å². The van der Waals surface area contributed by atoms with Gasteiger partial charge in [0.15, 0.2) is 0 Å². The second-order valence-corrected chi connectivity index (χ2v) is 10.0. The normalized spacial score (nSPS) is 13.3. The number of rotatable bonds is 10. The van der Waals surface area contributed by atoms with Crippen LogP contribution in [0.3, 0.4) is 0 Å². The Morgan fingerprint density at radius 3 is 1.77 bits per heavy atom. The zero-order valence-corrected chi connectivity index (χ0v) is 18.8. The number of nitrogens with zero attached hydrogens (tertiary/aromatic N) is 1. The first kappa shape index (κ1) is 32.1. The molecule has 0 aliphatic rings. The molecule has 0 bridgehead atoms. The maximum Gasteiger partial charge on any atom is 0.431 e. The number of halogens is 8. The van der Waals surface area contributed by atoms with Gasteiger partial charge in [-0.2, -0.15) is 26.3 Å². The van der Waals surface area contributed by atoms with E-state index in [0.717, 1.165) is 5.56 Å². The summed E-state index contributed by atoms with van der Waals surface area (Å²) in [6.07, 6.45) is -14.2. The van der Waals surface area contributed by atoms with Crippen LogP contribution >= 0.6 is 0 Å². The predicted molar refractivity (Wildman–Crippen MR) is 101 cm³/mol. The Balaban J connectivity index is 0. The molecule has 3 N–H and O–H groups in total. The molecule has 0 saturated carbocycles. The van der Waals surface area contributed by atoms with Gasteiger partial charge in [-0.3, -0.25) is 0 Å². The van der Waals surface area contributed by atoms with Crippen LogP contribution in [0.4, 0.5) is 30.7 Å². The van der Waals surface area contributed by atoms with E-state index in [1.54, 1.807) is 0 Å². The van der Waals surface area contributed by atoms with Gasteiger partial charge in [0.2, 0.25) is 0 Å². The molecule has 13 heteroatoms. The molecule has 1 aromatic rings. The van der Waals surface area contributed by atoms with Crippen molar-refractivity contribution in [3.63, 3.8) is 0 Å². The molecule has 0 amide bonds. The first-order valence-electron chi connectivity index (χ1n) is 8.88. The molecule has 0 aliphatic heterocycles. The summed E-state index contributed by atoms with van der Waals surface area (Å²) in [5.74, 6) is -2.12. The third kappa shape index (κ3) is 9.92. The fraction of sp³-hybridized carbons (Fsp3) is 0.667. The molecular weight excluding hydrogens is 477 g/mol. The van der Waals surface area contributed by atoms with E-state index >= 15 is 0 Å². The van der Waals surface area contributed by atoms with Crippen LogP contribution in [-0.4, -0.2) is 63.1 Å². The van der Waals surface area contributed by atoms with Crippen LogP contribution in [0.15, 0.2) is 30.3 Å². The molecule has 0 radical (unpaired) electrons. The number of benzene rings is 1. The van der Waals surface area contributed by atoms with E-state index in [-0.39, 0.29) is 25.0 Å². The van der Waals surface area contributed by atoms with Crippen LogP contribution in [0.2, 0.25) is 0 Å². The van der Waals surface area contributed by atoms with E-state index in [4.69, 9.17) is 0 Å². The predicted octanol–water partition coefficient (Wildman–Crippen LogP) is 1.85. The zero-order valence-electron chi connectivity index (χ0n) is 17.2. The Morgan fingerprint density at radius 1 is 0.839 bits per heavy atom. The Bertz CT molecular complexity index is 740. The molecule has 0 atom stereocenters. The largest absolute Gasteiger partial charge is 1.00 e. The topological polar surface area (TPSA) is 69.1 Å². The quantitative estimate of drug-likeness (QED) is 0.300. The first-order chi connectivity index (χ1) is 13.0.